The number of carboxylic acids is 1. The molecule has 0 aliphatic rings. The van der Waals surface area contributed by atoms with Crippen LogP contribution in [0.25, 0.3) is 0 Å². The Labute approximate surface area is 128 Å². The fourth-order valence-corrected chi connectivity index (χ4v) is 2.35. The van der Waals surface area contributed by atoms with Gasteiger partial charge in [-0.15, -0.1) is 0 Å². The van der Waals surface area contributed by atoms with Gasteiger partial charge in [0.1, 0.15) is 17.5 Å². The summed E-state index contributed by atoms with van der Waals surface area (Å²) < 4.78 is 0. The van der Waals surface area contributed by atoms with Gasteiger partial charge in [0.15, 0.2) is 0 Å². The van der Waals surface area contributed by atoms with Crippen LogP contribution in [0, 0.1) is 0 Å². The number of carbonyl (C=O) groups is 1. The average molecular weight is 301 g/mol. The van der Waals surface area contributed by atoms with Crippen molar-refractivity contribution in [3.05, 3.63) is 59.7 Å². The lowest BCUT2D eigenvalue weighted by Gasteiger charge is -2.21. The Balaban J connectivity index is 2.13. The van der Waals surface area contributed by atoms with Gasteiger partial charge in [0.05, 0.1) is 0 Å². The maximum absolute atomic E-state index is 11.4. The minimum atomic E-state index is -0.963. The predicted molar refractivity (Wildman–Crippen MR) is 82.9 cm³/mol. The van der Waals surface area contributed by atoms with Gasteiger partial charge in [-0.2, -0.15) is 0 Å². The summed E-state index contributed by atoms with van der Waals surface area (Å²) in [4.78, 5) is 11.4. The van der Waals surface area contributed by atoms with Gasteiger partial charge in [0.25, 0.3) is 0 Å². The Morgan fingerprint density at radius 3 is 2.45 bits per heavy atom. The van der Waals surface area contributed by atoms with Crippen molar-refractivity contribution in [1.29, 1.82) is 0 Å². The summed E-state index contributed by atoms with van der Waals surface area (Å²) in [6.07, 6.45) is 0.333. The highest BCUT2D eigenvalue weighted by molar-refractivity contribution is 5.74. The molecule has 2 aromatic rings. The summed E-state index contributed by atoms with van der Waals surface area (Å²) in [7, 11) is 0. The molecular formula is C17H19NO4. The highest BCUT2D eigenvalue weighted by Gasteiger charge is 2.22. The van der Waals surface area contributed by atoms with Crippen LogP contribution in [0.4, 0.5) is 0 Å². The molecule has 0 aliphatic carbocycles. The zero-order valence-corrected chi connectivity index (χ0v) is 12.2. The minimum Gasteiger partial charge on any atom is -0.508 e. The SMILES string of the molecule is CC(NC(Cc1ccccc1)C(=O)O)c1cc(O)ccc1O. The van der Waals surface area contributed by atoms with Crippen LogP contribution >= 0.6 is 0 Å². The van der Waals surface area contributed by atoms with E-state index in [2.05, 4.69) is 5.32 Å². The summed E-state index contributed by atoms with van der Waals surface area (Å²) in [6, 6.07) is 12.3. The lowest BCUT2D eigenvalue weighted by atomic mass is 10.0. The summed E-state index contributed by atoms with van der Waals surface area (Å²) in [5, 5.41) is 31.7. The van der Waals surface area contributed by atoms with Gasteiger partial charge in [-0.05, 0) is 37.1 Å². The number of rotatable bonds is 6. The van der Waals surface area contributed by atoms with E-state index in [1.807, 2.05) is 30.3 Å². The van der Waals surface area contributed by atoms with E-state index in [0.29, 0.717) is 12.0 Å². The van der Waals surface area contributed by atoms with E-state index in [1.54, 1.807) is 6.92 Å². The van der Waals surface area contributed by atoms with Crippen molar-refractivity contribution in [3.63, 3.8) is 0 Å². The van der Waals surface area contributed by atoms with Gasteiger partial charge in [0.2, 0.25) is 0 Å². The van der Waals surface area contributed by atoms with Crippen molar-refractivity contribution in [2.24, 2.45) is 0 Å². The van der Waals surface area contributed by atoms with Crippen molar-refractivity contribution >= 4 is 5.97 Å². The van der Waals surface area contributed by atoms with Crippen LogP contribution < -0.4 is 5.32 Å². The van der Waals surface area contributed by atoms with Gasteiger partial charge in [-0.1, -0.05) is 30.3 Å². The maximum Gasteiger partial charge on any atom is 0.321 e. The zero-order valence-electron chi connectivity index (χ0n) is 12.2. The molecule has 2 aromatic carbocycles. The number of hydrogen-bond acceptors (Lipinski definition) is 4. The first-order valence-electron chi connectivity index (χ1n) is 7.02. The number of hydrogen-bond donors (Lipinski definition) is 4. The molecule has 0 spiro atoms. The van der Waals surface area contributed by atoms with Gasteiger partial charge < -0.3 is 15.3 Å². The molecule has 2 rings (SSSR count). The summed E-state index contributed by atoms with van der Waals surface area (Å²) in [5.41, 5.74) is 1.37. The van der Waals surface area contributed by atoms with Gasteiger partial charge in [-0.25, -0.2) is 0 Å². The van der Waals surface area contributed by atoms with Crippen LogP contribution in [0.3, 0.4) is 0 Å². The Bertz CT molecular complexity index is 642. The van der Waals surface area contributed by atoms with Crippen molar-refractivity contribution in [3.8, 4) is 11.5 Å². The Morgan fingerprint density at radius 1 is 1.14 bits per heavy atom. The molecule has 0 saturated heterocycles. The fourth-order valence-electron chi connectivity index (χ4n) is 2.35. The third-order valence-electron chi connectivity index (χ3n) is 3.51. The number of phenolic OH excluding ortho intramolecular Hbond substituents is 2. The van der Waals surface area contributed by atoms with Crippen molar-refractivity contribution in [2.45, 2.75) is 25.4 Å². The van der Waals surface area contributed by atoms with Gasteiger partial charge >= 0.3 is 5.97 Å². The molecule has 0 aromatic heterocycles. The van der Waals surface area contributed by atoms with Crippen LogP contribution in [0.1, 0.15) is 24.1 Å². The lowest BCUT2D eigenvalue weighted by Crippen LogP contribution is -2.40. The quantitative estimate of drug-likeness (QED) is 0.615. The van der Waals surface area contributed by atoms with E-state index >= 15 is 0 Å². The first-order valence-corrected chi connectivity index (χ1v) is 7.02. The van der Waals surface area contributed by atoms with Crippen LogP contribution in [0.15, 0.2) is 48.5 Å². The van der Waals surface area contributed by atoms with Crippen LogP contribution in [0.2, 0.25) is 0 Å². The number of carboxylic acid groups (broad SMARTS) is 1. The van der Waals surface area contributed by atoms with E-state index in [4.69, 9.17) is 0 Å². The Hall–Kier alpha value is -2.53. The molecule has 2 unspecified atom stereocenters. The van der Waals surface area contributed by atoms with Crippen molar-refractivity contribution < 1.29 is 20.1 Å². The second-order valence-corrected chi connectivity index (χ2v) is 5.21. The number of aromatic hydroxyl groups is 2. The minimum absolute atomic E-state index is 0.0154. The highest BCUT2D eigenvalue weighted by Crippen LogP contribution is 2.28. The number of phenols is 2. The summed E-state index contributed by atoms with van der Waals surface area (Å²) >= 11 is 0. The molecule has 0 bridgehead atoms. The van der Waals surface area contributed by atoms with E-state index in [0.717, 1.165) is 5.56 Å². The molecular weight excluding hydrogens is 282 g/mol. The first kappa shape index (κ1) is 15.9. The summed E-state index contributed by atoms with van der Waals surface area (Å²) in [6.45, 7) is 1.75. The highest BCUT2D eigenvalue weighted by atomic mass is 16.4. The van der Waals surface area contributed by atoms with Crippen LogP contribution in [-0.2, 0) is 11.2 Å². The Morgan fingerprint density at radius 2 is 1.82 bits per heavy atom. The molecule has 5 nitrogen and oxygen atoms in total. The number of aliphatic carboxylic acids is 1. The van der Waals surface area contributed by atoms with Gasteiger partial charge in [0, 0.05) is 11.6 Å². The molecule has 0 fully saturated rings. The predicted octanol–water partition coefficient (Wildman–Crippen LogP) is 2.44. The molecule has 0 radical (unpaired) electrons. The normalized spacial score (nSPS) is 13.5. The molecule has 0 heterocycles. The van der Waals surface area contributed by atoms with Gasteiger partial charge in [-0.3, -0.25) is 10.1 Å². The number of benzene rings is 2. The fraction of sp³-hybridized carbons (Fsp3) is 0.235. The summed E-state index contributed by atoms with van der Waals surface area (Å²) in [5.74, 6) is -0.923. The van der Waals surface area contributed by atoms with Crippen molar-refractivity contribution in [2.75, 3.05) is 0 Å². The van der Waals surface area contributed by atoms with E-state index in [9.17, 15) is 20.1 Å². The molecule has 0 aliphatic heterocycles. The monoisotopic (exact) mass is 301 g/mol. The van der Waals surface area contributed by atoms with E-state index in [1.165, 1.54) is 18.2 Å². The maximum atomic E-state index is 11.4. The standard InChI is InChI=1S/C17H19NO4/c1-11(14-10-13(19)7-8-16(14)20)18-15(17(21)22)9-12-5-3-2-4-6-12/h2-8,10-11,15,18-20H,9H2,1H3,(H,21,22). The van der Waals surface area contributed by atoms with Crippen molar-refractivity contribution in [1.82, 2.24) is 5.32 Å². The molecule has 22 heavy (non-hydrogen) atoms. The average Bonchev–Trinajstić information content (AvgIpc) is 2.50. The zero-order chi connectivity index (χ0) is 16.1. The van der Waals surface area contributed by atoms with E-state index in [-0.39, 0.29) is 11.5 Å². The lowest BCUT2D eigenvalue weighted by molar-refractivity contribution is -0.139. The van der Waals surface area contributed by atoms with Crippen LogP contribution in [0.5, 0.6) is 11.5 Å². The Kier molecular flexibility index (Phi) is 5.01. The molecule has 0 amide bonds. The second kappa shape index (κ2) is 6.95. The molecule has 4 N–H and O–H groups in total. The number of nitrogens with one attached hydrogen (secondary N) is 1. The second-order valence-electron chi connectivity index (χ2n) is 5.21. The molecule has 2 atom stereocenters. The third-order valence-corrected chi connectivity index (χ3v) is 3.51. The molecule has 116 valence electrons. The molecule has 5 heteroatoms. The van der Waals surface area contributed by atoms with E-state index < -0.39 is 18.1 Å². The smallest absolute Gasteiger partial charge is 0.321 e. The largest absolute Gasteiger partial charge is 0.508 e. The van der Waals surface area contributed by atoms with Crippen LogP contribution in [-0.4, -0.2) is 27.3 Å². The first-order chi connectivity index (χ1) is 10.5. The molecule has 0 saturated carbocycles. The third kappa shape index (κ3) is 3.99. The topological polar surface area (TPSA) is 89.8 Å².